The second-order valence-corrected chi connectivity index (χ2v) is 4.97. The van der Waals surface area contributed by atoms with Gasteiger partial charge in [-0.1, -0.05) is 23.7 Å². The van der Waals surface area contributed by atoms with E-state index in [1.54, 1.807) is 6.20 Å². The molecule has 1 amide bonds. The Kier molecular flexibility index (Phi) is 2.59. The first-order valence-corrected chi connectivity index (χ1v) is 6.15. The molecule has 1 aromatic carbocycles. The van der Waals surface area contributed by atoms with E-state index in [1.165, 1.54) is 6.20 Å². The number of benzene rings is 1. The Balaban J connectivity index is 1.80. The van der Waals surface area contributed by atoms with Crippen molar-refractivity contribution in [2.45, 2.75) is 18.4 Å². The molecule has 0 bridgehead atoms. The van der Waals surface area contributed by atoms with Crippen molar-refractivity contribution in [2.75, 3.05) is 0 Å². The first kappa shape index (κ1) is 11.3. The third-order valence-corrected chi connectivity index (χ3v) is 3.51. The van der Waals surface area contributed by atoms with Gasteiger partial charge >= 0.3 is 0 Å². The van der Waals surface area contributed by atoms with Gasteiger partial charge in [-0.3, -0.25) is 9.89 Å². The molecule has 2 aromatic rings. The van der Waals surface area contributed by atoms with Crippen LogP contribution in [0.1, 0.15) is 28.8 Å². The Morgan fingerprint density at radius 3 is 2.61 bits per heavy atom. The molecular formula is C13H12ClN3O. The van der Waals surface area contributed by atoms with Crippen molar-refractivity contribution >= 4 is 17.5 Å². The van der Waals surface area contributed by atoms with Crippen molar-refractivity contribution in [3.63, 3.8) is 0 Å². The minimum atomic E-state index is -0.223. The zero-order valence-electron chi connectivity index (χ0n) is 9.61. The predicted molar refractivity (Wildman–Crippen MR) is 68.4 cm³/mol. The Morgan fingerprint density at radius 2 is 2.06 bits per heavy atom. The van der Waals surface area contributed by atoms with E-state index >= 15 is 0 Å². The molecule has 18 heavy (non-hydrogen) atoms. The van der Waals surface area contributed by atoms with E-state index in [-0.39, 0.29) is 11.4 Å². The first-order chi connectivity index (χ1) is 8.70. The second-order valence-electron chi connectivity index (χ2n) is 4.53. The van der Waals surface area contributed by atoms with Crippen molar-refractivity contribution in [3.8, 4) is 0 Å². The summed E-state index contributed by atoms with van der Waals surface area (Å²) in [5.74, 6) is -0.101. The molecule has 5 heteroatoms. The average molecular weight is 262 g/mol. The lowest BCUT2D eigenvalue weighted by atomic mass is 10.0. The van der Waals surface area contributed by atoms with Crippen LogP contribution in [0.2, 0.25) is 5.02 Å². The van der Waals surface area contributed by atoms with Gasteiger partial charge in [-0.2, -0.15) is 5.10 Å². The summed E-state index contributed by atoms with van der Waals surface area (Å²) >= 11 is 5.87. The zero-order chi connectivity index (χ0) is 12.6. The summed E-state index contributed by atoms with van der Waals surface area (Å²) in [6.07, 6.45) is 5.02. The van der Waals surface area contributed by atoms with Gasteiger partial charge in [-0.15, -0.1) is 0 Å². The number of hydrogen-bond acceptors (Lipinski definition) is 2. The summed E-state index contributed by atoms with van der Waals surface area (Å²) in [4.78, 5) is 12.0. The first-order valence-electron chi connectivity index (χ1n) is 5.77. The van der Waals surface area contributed by atoms with Crippen molar-refractivity contribution < 1.29 is 4.79 Å². The number of aromatic nitrogens is 2. The van der Waals surface area contributed by atoms with Crippen LogP contribution in [0.4, 0.5) is 0 Å². The maximum Gasteiger partial charge on any atom is 0.255 e. The molecule has 1 aliphatic rings. The van der Waals surface area contributed by atoms with Crippen LogP contribution < -0.4 is 5.32 Å². The number of nitrogens with zero attached hydrogens (tertiary/aromatic N) is 1. The standard InChI is InChI=1S/C13H12ClN3O/c14-11-3-1-10(2-4-11)13(5-6-13)17-12(18)9-7-15-16-8-9/h1-4,7-8H,5-6H2,(H,15,16)(H,17,18). The van der Waals surface area contributed by atoms with E-state index in [0.29, 0.717) is 10.6 Å². The van der Waals surface area contributed by atoms with Crippen LogP contribution in [-0.4, -0.2) is 16.1 Å². The fourth-order valence-electron chi connectivity index (χ4n) is 2.04. The number of halogens is 1. The van der Waals surface area contributed by atoms with Crippen molar-refractivity contribution in [3.05, 3.63) is 52.8 Å². The highest BCUT2D eigenvalue weighted by Crippen LogP contribution is 2.45. The lowest BCUT2D eigenvalue weighted by Gasteiger charge is -2.17. The Hall–Kier alpha value is -1.81. The second kappa shape index (κ2) is 4.14. The Labute approximate surface area is 109 Å². The van der Waals surface area contributed by atoms with Crippen LogP contribution in [0.25, 0.3) is 0 Å². The maximum absolute atomic E-state index is 12.0. The highest BCUT2D eigenvalue weighted by atomic mass is 35.5. The molecular weight excluding hydrogens is 250 g/mol. The van der Waals surface area contributed by atoms with Crippen LogP contribution >= 0.6 is 11.6 Å². The molecule has 4 nitrogen and oxygen atoms in total. The smallest absolute Gasteiger partial charge is 0.255 e. The molecule has 0 radical (unpaired) electrons. The van der Waals surface area contributed by atoms with Gasteiger partial charge in [-0.25, -0.2) is 0 Å². The van der Waals surface area contributed by atoms with E-state index in [4.69, 9.17) is 11.6 Å². The number of nitrogens with one attached hydrogen (secondary N) is 2. The minimum Gasteiger partial charge on any atom is -0.342 e. The highest BCUT2D eigenvalue weighted by Gasteiger charge is 2.45. The number of carbonyl (C=O) groups is 1. The maximum atomic E-state index is 12.0. The molecule has 1 saturated carbocycles. The largest absolute Gasteiger partial charge is 0.342 e. The molecule has 92 valence electrons. The number of rotatable bonds is 3. The van der Waals surface area contributed by atoms with Gasteiger partial charge in [0, 0.05) is 11.2 Å². The van der Waals surface area contributed by atoms with Gasteiger partial charge in [0.2, 0.25) is 0 Å². The Bertz CT molecular complexity index is 558. The van der Waals surface area contributed by atoms with Crippen LogP contribution in [0.15, 0.2) is 36.7 Å². The van der Waals surface area contributed by atoms with Gasteiger partial charge in [0.1, 0.15) is 0 Å². The quantitative estimate of drug-likeness (QED) is 0.892. The van der Waals surface area contributed by atoms with Gasteiger partial charge in [0.05, 0.1) is 17.3 Å². The van der Waals surface area contributed by atoms with E-state index < -0.39 is 0 Å². The summed E-state index contributed by atoms with van der Waals surface area (Å²) in [7, 11) is 0. The van der Waals surface area contributed by atoms with Crippen molar-refractivity contribution in [1.29, 1.82) is 0 Å². The third kappa shape index (κ3) is 1.99. The number of H-pyrrole nitrogens is 1. The lowest BCUT2D eigenvalue weighted by molar-refractivity contribution is 0.0931. The predicted octanol–water partition coefficient (Wildman–Crippen LogP) is 2.48. The Morgan fingerprint density at radius 1 is 1.33 bits per heavy atom. The number of aromatic amines is 1. The third-order valence-electron chi connectivity index (χ3n) is 3.26. The summed E-state index contributed by atoms with van der Waals surface area (Å²) < 4.78 is 0. The van der Waals surface area contributed by atoms with Crippen LogP contribution in [0, 0.1) is 0 Å². The summed E-state index contributed by atoms with van der Waals surface area (Å²) in [5.41, 5.74) is 1.43. The fourth-order valence-corrected chi connectivity index (χ4v) is 2.17. The molecule has 1 aliphatic carbocycles. The molecule has 1 aromatic heterocycles. The highest BCUT2D eigenvalue weighted by molar-refractivity contribution is 6.30. The summed E-state index contributed by atoms with van der Waals surface area (Å²) in [6.45, 7) is 0. The van der Waals surface area contributed by atoms with E-state index in [1.807, 2.05) is 24.3 Å². The van der Waals surface area contributed by atoms with Crippen molar-refractivity contribution in [2.24, 2.45) is 0 Å². The van der Waals surface area contributed by atoms with E-state index in [2.05, 4.69) is 15.5 Å². The molecule has 0 atom stereocenters. The summed E-state index contributed by atoms with van der Waals surface area (Å²) in [6, 6.07) is 7.62. The SMILES string of the molecule is O=C(NC1(c2ccc(Cl)cc2)CC1)c1cn[nH]c1. The monoisotopic (exact) mass is 261 g/mol. The topological polar surface area (TPSA) is 57.8 Å². The van der Waals surface area contributed by atoms with Crippen LogP contribution in [-0.2, 0) is 5.54 Å². The van der Waals surface area contributed by atoms with E-state index in [9.17, 15) is 4.79 Å². The average Bonchev–Trinajstić information content (AvgIpc) is 2.94. The van der Waals surface area contributed by atoms with Crippen LogP contribution in [0.5, 0.6) is 0 Å². The molecule has 0 unspecified atom stereocenters. The zero-order valence-corrected chi connectivity index (χ0v) is 10.4. The van der Waals surface area contributed by atoms with Gasteiger partial charge in [-0.05, 0) is 30.5 Å². The molecule has 2 N–H and O–H groups in total. The van der Waals surface area contributed by atoms with E-state index in [0.717, 1.165) is 18.4 Å². The normalized spacial score (nSPS) is 16.3. The number of carbonyl (C=O) groups excluding carboxylic acids is 1. The molecule has 1 heterocycles. The molecule has 0 saturated heterocycles. The molecule has 3 rings (SSSR count). The molecule has 0 spiro atoms. The lowest BCUT2D eigenvalue weighted by Crippen LogP contribution is -2.34. The summed E-state index contributed by atoms with van der Waals surface area (Å²) in [5, 5.41) is 10.2. The number of hydrogen-bond donors (Lipinski definition) is 2. The van der Waals surface area contributed by atoms with Crippen LogP contribution in [0.3, 0.4) is 0 Å². The number of amides is 1. The fraction of sp³-hybridized carbons (Fsp3) is 0.231. The molecule has 1 fully saturated rings. The minimum absolute atomic E-state index is 0.101. The van der Waals surface area contributed by atoms with Crippen molar-refractivity contribution in [1.82, 2.24) is 15.5 Å². The molecule has 0 aliphatic heterocycles. The van der Waals surface area contributed by atoms with Gasteiger partial charge in [0.15, 0.2) is 0 Å². The van der Waals surface area contributed by atoms with Gasteiger partial charge < -0.3 is 5.32 Å². The van der Waals surface area contributed by atoms with Gasteiger partial charge in [0.25, 0.3) is 5.91 Å².